The van der Waals surface area contributed by atoms with Crippen molar-refractivity contribution in [2.45, 2.75) is 296 Å². The predicted octanol–water partition coefficient (Wildman–Crippen LogP) is 19.8. The largest absolute Gasteiger partial charge is 0.756 e. The van der Waals surface area contributed by atoms with Gasteiger partial charge >= 0.3 is 11.9 Å². The van der Waals surface area contributed by atoms with E-state index in [1.807, 2.05) is 21.1 Å². The van der Waals surface area contributed by atoms with E-state index in [4.69, 9.17) is 18.5 Å². The summed E-state index contributed by atoms with van der Waals surface area (Å²) in [5.41, 5.74) is 0. The van der Waals surface area contributed by atoms with E-state index in [0.29, 0.717) is 17.4 Å². The number of hydrogen-bond donors (Lipinski definition) is 0. The average Bonchev–Trinajstić information content (AvgIpc) is 3.39. The molecule has 0 saturated carbocycles. The quantitative estimate of drug-likeness (QED) is 0.0195. The Bertz CT molecular complexity index is 1530. The highest BCUT2D eigenvalue weighted by Gasteiger charge is 2.22. The van der Waals surface area contributed by atoms with E-state index in [2.05, 4.69) is 86.8 Å². The van der Waals surface area contributed by atoms with Crippen LogP contribution in [-0.2, 0) is 32.7 Å². The normalized spacial score (nSPS) is 13.7. The Balaban J connectivity index is 3.87. The van der Waals surface area contributed by atoms with Crippen LogP contribution in [0.2, 0.25) is 0 Å². The van der Waals surface area contributed by atoms with Crippen LogP contribution < -0.4 is 4.89 Å². The van der Waals surface area contributed by atoms with Gasteiger partial charge in [0, 0.05) is 12.8 Å². The topological polar surface area (TPSA) is 111 Å². The Hall–Kier alpha value is -2.55. The maximum Gasteiger partial charge on any atom is 0.306 e. The lowest BCUT2D eigenvalue weighted by atomic mass is 10.0. The van der Waals surface area contributed by atoms with Crippen molar-refractivity contribution in [1.82, 2.24) is 0 Å². The minimum Gasteiger partial charge on any atom is -0.756 e. The number of allylic oxidation sites excluding steroid dienone is 12. The van der Waals surface area contributed by atoms with Crippen LogP contribution in [0.15, 0.2) is 72.9 Å². The zero-order chi connectivity index (χ0) is 56.3. The summed E-state index contributed by atoms with van der Waals surface area (Å²) in [5, 5.41) is 0. The van der Waals surface area contributed by atoms with Gasteiger partial charge in [0.15, 0.2) is 6.10 Å². The molecule has 2 unspecified atom stereocenters. The molecule has 0 aliphatic carbocycles. The molecule has 9 nitrogen and oxygen atoms in total. The summed E-state index contributed by atoms with van der Waals surface area (Å²) < 4.78 is 34.1. The lowest BCUT2D eigenvalue weighted by molar-refractivity contribution is -0.870. The number of hydrogen-bond acceptors (Lipinski definition) is 8. The monoisotopic (exact) mass is 1100 g/mol. The molecule has 0 aromatic rings. The molecular weight excluding hydrogens is 978 g/mol. The van der Waals surface area contributed by atoms with Gasteiger partial charge in [0.05, 0.1) is 27.7 Å². The lowest BCUT2D eigenvalue weighted by Crippen LogP contribution is -2.37. The lowest BCUT2D eigenvalue weighted by Gasteiger charge is -2.28. The summed E-state index contributed by atoms with van der Waals surface area (Å²) >= 11 is 0. The van der Waals surface area contributed by atoms with Crippen molar-refractivity contribution in [1.29, 1.82) is 0 Å². The highest BCUT2D eigenvalue weighted by atomic mass is 31.2. The first-order valence-electron chi connectivity index (χ1n) is 32.1. The number of ether oxygens (including phenoxy) is 2. The number of carbonyl (C=O) groups is 2. The van der Waals surface area contributed by atoms with Crippen molar-refractivity contribution in [2.75, 3.05) is 47.5 Å². The number of phosphoric ester groups is 1. The van der Waals surface area contributed by atoms with Gasteiger partial charge in [0.25, 0.3) is 7.82 Å². The molecule has 0 rings (SSSR count). The van der Waals surface area contributed by atoms with Crippen LogP contribution in [-0.4, -0.2) is 70.0 Å². The zero-order valence-corrected chi connectivity index (χ0v) is 51.8. The third-order valence-electron chi connectivity index (χ3n) is 14.0. The van der Waals surface area contributed by atoms with Gasteiger partial charge in [-0.2, -0.15) is 0 Å². The number of rotatable bonds is 59. The highest BCUT2D eigenvalue weighted by Crippen LogP contribution is 2.38. The second-order valence-electron chi connectivity index (χ2n) is 22.8. The van der Waals surface area contributed by atoms with E-state index < -0.39 is 26.5 Å². The molecule has 0 aliphatic heterocycles. The molecule has 0 fully saturated rings. The molecule has 0 spiro atoms. The van der Waals surface area contributed by atoms with Crippen molar-refractivity contribution < 1.29 is 42.1 Å². The van der Waals surface area contributed by atoms with E-state index in [-0.39, 0.29) is 32.0 Å². The first-order valence-corrected chi connectivity index (χ1v) is 33.6. The van der Waals surface area contributed by atoms with Crippen LogP contribution in [0.3, 0.4) is 0 Å². The fourth-order valence-corrected chi connectivity index (χ4v) is 9.80. The number of unbranched alkanes of at least 4 members (excludes halogenated alkanes) is 33. The SMILES string of the molecule is CC/C=C\C/C=C\C/C=C\C/C=C\C/C=C\C/C=C\CCCCCCCCCCCCCCCCCCCCCCCCC(=O)OC(COC(=O)CCCCCCCCCCCCCC)COP(=O)([O-])OCC[N+](C)(C)C. The van der Waals surface area contributed by atoms with Crippen LogP contribution in [0.1, 0.15) is 290 Å². The number of quaternary nitrogens is 1. The first kappa shape index (κ1) is 74.5. The highest BCUT2D eigenvalue weighted by molar-refractivity contribution is 7.45. The number of carbonyl (C=O) groups excluding carboxylic acids is 2. The van der Waals surface area contributed by atoms with Crippen molar-refractivity contribution in [3.05, 3.63) is 72.9 Å². The van der Waals surface area contributed by atoms with E-state index in [9.17, 15) is 19.0 Å². The van der Waals surface area contributed by atoms with Gasteiger partial charge in [-0.25, -0.2) is 0 Å². The molecule has 0 aromatic carbocycles. The molecular formula is C67H122NO8P. The summed E-state index contributed by atoms with van der Waals surface area (Å²) in [4.78, 5) is 37.8. The van der Waals surface area contributed by atoms with E-state index in [1.54, 1.807) is 0 Å². The Kier molecular flexibility index (Phi) is 56.2. The number of likely N-dealkylation sites (N-methyl/N-ethyl adjacent to an activating group) is 1. The third-order valence-corrected chi connectivity index (χ3v) is 15.0. The molecule has 77 heavy (non-hydrogen) atoms. The maximum atomic E-state index is 12.8. The smallest absolute Gasteiger partial charge is 0.306 e. The Labute approximate surface area is 476 Å². The fraction of sp³-hybridized carbons (Fsp3) is 0.791. The van der Waals surface area contributed by atoms with Crippen LogP contribution in [0.5, 0.6) is 0 Å². The molecule has 10 heteroatoms. The van der Waals surface area contributed by atoms with Gasteiger partial charge < -0.3 is 27.9 Å². The molecule has 0 bridgehead atoms. The van der Waals surface area contributed by atoms with Crippen molar-refractivity contribution in [3.8, 4) is 0 Å². The molecule has 0 aliphatic rings. The van der Waals surface area contributed by atoms with Crippen LogP contribution in [0, 0.1) is 0 Å². The van der Waals surface area contributed by atoms with Crippen LogP contribution >= 0.6 is 7.82 Å². The van der Waals surface area contributed by atoms with E-state index in [1.165, 1.54) is 186 Å². The summed E-state index contributed by atoms with van der Waals surface area (Å²) in [7, 11) is 1.18. The van der Waals surface area contributed by atoms with Crippen molar-refractivity contribution in [3.63, 3.8) is 0 Å². The molecule has 0 amide bonds. The van der Waals surface area contributed by atoms with Crippen molar-refractivity contribution in [2.24, 2.45) is 0 Å². The van der Waals surface area contributed by atoms with Gasteiger partial charge in [-0.15, -0.1) is 0 Å². The summed E-state index contributed by atoms with van der Waals surface area (Å²) in [6, 6.07) is 0. The maximum absolute atomic E-state index is 12.8. The van der Waals surface area contributed by atoms with Gasteiger partial charge in [0.1, 0.15) is 19.8 Å². The first-order chi connectivity index (χ1) is 37.5. The second kappa shape index (κ2) is 58.1. The Morgan fingerprint density at radius 3 is 1.10 bits per heavy atom. The molecule has 0 saturated heterocycles. The summed E-state index contributed by atoms with van der Waals surface area (Å²) in [6.07, 6.45) is 77.0. The molecule has 0 heterocycles. The minimum atomic E-state index is -4.63. The Morgan fingerprint density at radius 1 is 0.416 bits per heavy atom. The van der Waals surface area contributed by atoms with Crippen molar-refractivity contribution >= 4 is 19.8 Å². The van der Waals surface area contributed by atoms with Gasteiger partial charge in [0.2, 0.25) is 0 Å². The van der Waals surface area contributed by atoms with Crippen LogP contribution in [0.4, 0.5) is 0 Å². The average molecular weight is 1100 g/mol. The molecule has 2 atom stereocenters. The zero-order valence-electron chi connectivity index (χ0n) is 50.9. The molecule has 0 radical (unpaired) electrons. The second-order valence-corrected chi connectivity index (χ2v) is 24.2. The van der Waals surface area contributed by atoms with Gasteiger partial charge in [-0.3, -0.25) is 14.2 Å². The standard InChI is InChI=1S/C67H122NO8P/c1-6-8-10-12-14-16-18-20-21-22-23-24-25-26-27-28-29-30-31-32-33-34-35-36-37-38-39-40-41-42-43-44-45-46-47-48-50-52-54-56-58-60-67(70)76-65(64-75-77(71,72)74-62-61-68(3,4)5)63-73-66(69)59-57-55-53-51-49-19-17-15-13-11-9-7-2/h8,10,14,16,20-21,23-24,26-27,29-30,65H,6-7,9,11-13,15,17-19,22,25,28,31-64H2,1-5H3/b10-8-,16-14-,21-20-,24-23-,27-26-,30-29-. The summed E-state index contributed by atoms with van der Waals surface area (Å²) in [6.45, 7) is 4.15. The van der Waals surface area contributed by atoms with E-state index in [0.717, 1.165) is 70.6 Å². The number of esters is 2. The Morgan fingerprint density at radius 2 is 0.740 bits per heavy atom. The number of phosphoric acid groups is 1. The molecule has 0 N–H and O–H groups in total. The van der Waals surface area contributed by atoms with E-state index >= 15 is 0 Å². The number of nitrogens with zero attached hydrogens (tertiary/aromatic N) is 1. The van der Waals surface area contributed by atoms with Crippen LogP contribution in [0.25, 0.3) is 0 Å². The van der Waals surface area contributed by atoms with Gasteiger partial charge in [-0.05, 0) is 64.2 Å². The van der Waals surface area contributed by atoms with Gasteiger partial charge in [-0.1, -0.05) is 286 Å². The third kappa shape index (κ3) is 62.5. The molecule has 448 valence electrons. The fourth-order valence-electron chi connectivity index (χ4n) is 9.07. The molecule has 0 aromatic heterocycles. The predicted molar refractivity (Wildman–Crippen MR) is 328 cm³/mol. The minimum absolute atomic E-state index is 0.0290. The summed E-state index contributed by atoms with van der Waals surface area (Å²) in [5.74, 6) is -0.821.